The molecule has 0 aromatic heterocycles. The molecule has 4 atom stereocenters. The average Bonchev–Trinajstić information content (AvgIpc) is 3.02. The van der Waals surface area contributed by atoms with E-state index in [9.17, 15) is 0 Å². The Kier molecular flexibility index (Phi) is 1.63. The van der Waals surface area contributed by atoms with Gasteiger partial charge in [-0.15, -0.1) is 0 Å². The predicted molar refractivity (Wildman–Crippen MR) is 61.2 cm³/mol. The van der Waals surface area contributed by atoms with Gasteiger partial charge in [0.2, 0.25) is 0 Å². The standard InChI is InChI=1S/C14H19N/c1-2-7-15(6-1)14-9-10-8-13(14)12-5-3-4-11(10)12/h3-4,9-13H,1-2,5-8H2/t10-,11+,12-,13+/m1/s1. The number of rotatable bonds is 1. The first-order valence-electron chi connectivity index (χ1n) is 6.57. The highest BCUT2D eigenvalue weighted by Gasteiger charge is 2.49. The topological polar surface area (TPSA) is 3.24 Å². The van der Waals surface area contributed by atoms with Crippen LogP contribution in [0.25, 0.3) is 0 Å². The molecule has 0 amide bonds. The summed E-state index contributed by atoms with van der Waals surface area (Å²) in [6.07, 6.45) is 13.2. The van der Waals surface area contributed by atoms with Gasteiger partial charge in [0.1, 0.15) is 0 Å². The lowest BCUT2D eigenvalue weighted by atomic mass is 9.83. The Morgan fingerprint density at radius 3 is 2.93 bits per heavy atom. The predicted octanol–water partition coefficient (Wildman–Crippen LogP) is 2.81. The number of hydrogen-bond acceptors (Lipinski definition) is 1. The highest BCUT2D eigenvalue weighted by Crippen LogP contribution is 2.56. The smallest absolute Gasteiger partial charge is 0.0175 e. The van der Waals surface area contributed by atoms with E-state index in [0.717, 1.165) is 23.7 Å². The van der Waals surface area contributed by atoms with Gasteiger partial charge in [-0.2, -0.15) is 0 Å². The molecule has 0 radical (unpaired) electrons. The molecule has 1 heterocycles. The molecule has 0 unspecified atom stereocenters. The van der Waals surface area contributed by atoms with Gasteiger partial charge in [-0.1, -0.05) is 18.2 Å². The molecule has 3 aliphatic carbocycles. The van der Waals surface area contributed by atoms with E-state index in [4.69, 9.17) is 0 Å². The quantitative estimate of drug-likeness (QED) is 0.590. The Labute approximate surface area is 91.8 Å². The highest BCUT2D eigenvalue weighted by molar-refractivity contribution is 5.28. The molecular weight excluding hydrogens is 182 g/mol. The van der Waals surface area contributed by atoms with Crippen LogP contribution in [0.2, 0.25) is 0 Å². The van der Waals surface area contributed by atoms with Gasteiger partial charge in [-0.25, -0.2) is 0 Å². The van der Waals surface area contributed by atoms with Gasteiger partial charge in [0.05, 0.1) is 0 Å². The number of fused-ring (bicyclic) bond motifs is 5. The zero-order chi connectivity index (χ0) is 9.83. The maximum absolute atomic E-state index is 2.68. The number of hydrogen-bond donors (Lipinski definition) is 0. The molecule has 1 saturated carbocycles. The first-order chi connectivity index (χ1) is 7.43. The van der Waals surface area contributed by atoms with Crippen molar-refractivity contribution >= 4 is 0 Å². The molecule has 2 bridgehead atoms. The van der Waals surface area contributed by atoms with Crippen molar-refractivity contribution in [3.05, 3.63) is 23.9 Å². The van der Waals surface area contributed by atoms with Crippen LogP contribution in [0.4, 0.5) is 0 Å². The summed E-state index contributed by atoms with van der Waals surface area (Å²) in [5, 5.41) is 0. The van der Waals surface area contributed by atoms with Crippen molar-refractivity contribution in [1.29, 1.82) is 0 Å². The molecule has 4 rings (SSSR count). The van der Waals surface area contributed by atoms with E-state index in [0.29, 0.717) is 0 Å². The summed E-state index contributed by atoms with van der Waals surface area (Å²) in [6, 6.07) is 0. The fourth-order valence-electron chi connectivity index (χ4n) is 4.39. The Morgan fingerprint density at radius 2 is 2.07 bits per heavy atom. The monoisotopic (exact) mass is 201 g/mol. The minimum absolute atomic E-state index is 0.898. The van der Waals surface area contributed by atoms with E-state index in [1.807, 2.05) is 0 Å². The summed E-state index contributed by atoms with van der Waals surface area (Å²) in [6.45, 7) is 2.67. The lowest BCUT2D eigenvalue weighted by molar-refractivity contribution is 0.297. The van der Waals surface area contributed by atoms with E-state index >= 15 is 0 Å². The molecule has 15 heavy (non-hydrogen) atoms. The summed E-state index contributed by atoms with van der Waals surface area (Å²) in [4.78, 5) is 2.68. The fourth-order valence-corrected chi connectivity index (χ4v) is 4.39. The zero-order valence-corrected chi connectivity index (χ0v) is 9.23. The summed E-state index contributed by atoms with van der Waals surface area (Å²) < 4.78 is 0. The van der Waals surface area contributed by atoms with E-state index in [2.05, 4.69) is 23.1 Å². The van der Waals surface area contributed by atoms with Gasteiger partial charge in [0.15, 0.2) is 0 Å². The van der Waals surface area contributed by atoms with Crippen molar-refractivity contribution in [2.45, 2.75) is 25.7 Å². The van der Waals surface area contributed by atoms with Crippen LogP contribution in [0.5, 0.6) is 0 Å². The fraction of sp³-hybridized carbons (Fsp3) is 0.714. The van der Waals surface area contributed by atoms with Crippen LogP contribution < -0.4 is 0 Å². The summed E-state index contributed by atoms with van der Waals surface area (Å²) in [5.74, 6) is 3.72. The van der Waals surface area contributed by atoms with Crippen molar-refractivity contribution in [3.8, 4) is 0 Å². The largest absolute Gasteiger partial charge is 0.375 e. The summed E-state index contributed by atoms with van der Waals surface area (Å²) in [5.41, 5.74) is 1.74. The van der Waals surface area contributed by atoms with Crippen LogP contribution >= 0.6 is 0 Å². The van der Waals surface area contributed by atoms with E-state index in [1.165, 1.54) is 38.8 Å². The second kappa shape index (κ2) is 2.90. The molecule has 0 spiro atoms. The van der Waals surface area contributed by atoms with Crippen LogP contribution in [0.3, 0.4) is 0 Å². The van der Waals surface area contributed by atoms with E-state index in [1.54, 1.807) is 5.70 Å². The third-order valence-corrected chi connectivity index (χ3v) is 5.03. The summed E-state index contributed by atoms with van der Waals surface area (Å²) in [7, 11) is 0. The van der Waals surface area contributed by atoms with Gasteiger partial charge in [0, 0.05) is 24.7 Å². The molecule has 2 fully saturated rings. The second-order valence-electron chi connectivity index (χ2n) is 5.70. The van der Waals surface area contributed by atoms with Crippen LogP contribution in [0.15, 0.2) is 23.9 Å². The first kappa shape index (κ1) is 8.43. The third-order valence-electron chi connectivity index (χ3n) is 5.03. The van der Waals surface area contributed by atoms with Crippen molar-refractivity contribution in [3.63, 3.8) is 0 Å². The molecule has 80 valence electrons. The van der Waals surface area contributed by atoms with Crippen LogP contribution in [0.1, 0.15) is 25.7 Å². The number of likely N-dealkylation sites (tertiary alicyclic amines) is 1. The van der Waals surface area contributed by atoms with Crippen LogP contribution in [0, 0.1) is 23.7 Å². The molecule has 1 saturated heterocycles. The first-order valence-corrected chi connectivity index (χ1v) is 6.57. The third kappa shape index (κ3) is 1.04. The SMILES string of the molecule is C1=C[C@@H]2[C@@H](C1)[C@@H]1C[C@@H]2C=C1N1CCCC1. The minimum atomic E-state index is 0.898. The Balaban J connectivity index is 1.63. The average molecular weight is 201 g/mol. The molecule has 0 aromatic carbocycles. The van der Waals surface area contributed by atoms with Crippen molar-refractivity contribution in [1.82, 2.24) is 4.90 Å². The van der Waals surface area contributed by atoms with E-state index < -0.39 is 0 Å². The molecule has 4 aliphatic rings. The number of allylic oxidation sites excluding steroid dienone is 4. The maximum atomic E-state index is 2.68. The Morgan fingerprint density at radius 1 is 1.20 bits per heavy atom. The van der Waals surface area contributed by atoms with Gasteiger partial charge < -0.3 is 4.90 Å². The maximum Gasteiger partial charge on any atom is 0.0175 e. The normalized spacial score (nSPS) is 46.4. The van der Waals surface area contributed by atoms with Crippen LogP contribution in [-0.2, 0) is 0 Å². The van der Waals surface area contributed by atoms with Crippen molar-refractivity contribution < 1.29 is 0 Å². The van der Waals surface area contributed by atoms with Gasteiger partial charge >= 0.3 is 0 Å². The molecule has 1 aliphatic heterocycles. The second-order valence-corrected chi connectivity index (χ2v) is 5.70. The minimum Gasteiger partial charge on any atom is -0.375 e. The summed E-state index contributed by atoms with van der Waals surface area (Å²) >= 11 is 0. The molecular formula is C14H19N. The number of nitrogens with zero attached hydrogens (tertiary/aromatic N) is 1. The van der Waals surface area contributed by atoms with Crippen molar-refractivity contribution in [2.24, 2.45) is 23.7 Å². The molecule has 0 N–H and O–H groups in total. The van der Waals surface area contributed by atoms with Gasteiger partial charge in [-0.05, 0) is 43.4 Å². The van der Waals surface area contributed by atoms with Gasteiger partial charge in [0.25, 0.3) is 0 Å². The highest BCUT2D eigenvalue weighted by atomic mass is 15.2. The van der Waals surface area contributed by atoms with Crippen LogP contribution in [-0.4, -0.2) is 18.0 Å². The van der Waals surface area contributed by atoms with Crippen molar-refractivity contribution in [2.75, 3.05) is 13.1 Å². The molecule has 1 heteroatoms. The molecule has 1 nitrogen and oxygen atoms in total. The zero-order valence-electron chi connectivity index (χ0n) is 9.23. The lowest BCUT2D eigenvalue weighted by Crippen LogP contribution is -2.28. The molecule has 0 aromatic rings. The Bertz CT molecular complexity index is 335. The van der Waals surface area contributed by atoms with E-state index in [-0.39, 0.29) is 0 Å². The lowest BCUT2D eigenvalue weighted by Gasteiger charge is -2.31. The van der Waals surface area contributed by atoms with Gasteiger partial charge in [-0.3, -0.25) is 0 Å². The Hall–Kier alpha value is -0.720.